The molecule has 168 valence electrons. The average molecular weight is 464 g/mol. The second-order valence-electron chi connectivity index (χ2n) is 7.04. The number of hydrogen-bond acceptors (Lipinski definition) is 5. The minimum atomic E-state index is -0.341. The third-order valence-corrected chi connectivity index (χ3v) is 5.35. The number of para-hydroxylation sites is 1. The van der Waals surface area contributed by atoms with Crippen molar-refractivity contribution < 1.29 is 19.0 Å². The number of anilines is 1. The van der Waals surface area contributed by atoms with Crippen LogP contribution in [-0.2, 0) is 0 Å². The van der Waals surface area contributed by atoms with E-state index in [2.05, 4.69) is 5.32 Å². The normalized spacial score (nSPS) is 10.5. The molecule has 0 radical (unpaired) electrons. The van der Waals surface area contributed by atoms with Crippen molar-refractivity contribution in [1.29, 1.82) is 0 Å². The number of ether oxygens (including phenoxy) is 3. The van der Waals surface area contributed by atoms with E-state index in [0.29, 0.717) is 44.8 Å². The molecule has 0 aliphatic carbocycles. The minimum absolute atomic E-state index is 0.341. The van der Waals surface area contributed by atoms with Crippen molar-refractivity contribution in [3.05, 3.63) is 83.5 Å². The quantitative estimate of drug-likeness (QED) is 0.393. The highest BCUT2D eigenvalue weighted by Gasteiger charge is 2.22. The largest absolute Gasteiger partial charge is 0.497 e. The molecule has 0 unspecified atom stereocenters. The number of carbonyl (C=O) groups excluding carboxylic acids is 1. The summed E-state index contributed by atoms with van der Waals surface area (Å²) in [6, 6.07) is 20.0. The Morgan fingerprint density at radius 2 is 1.67 bits per heavy atom. The molecule has 0 saturated heterocycles. The first-order valence-corrected chi connectivity index (χ1v) is 10.4. The number of nitrogens with zero attached hydrogens (tertiary/aromatic N) is 2. The van der Waals surface area contributed by atoms with Crippen molar-refractivity contribution in [3.8, 4) is 34.2 Å². The molecule has 0 fully saturated rings. The number of halogens is 1. The topological polar surface area (TPSA) is 74.6 Å². The molecule has 33 heavy (non-hydrogen) atoms. The zero-order chi connectivity index (χ0) is 23.4. The lowest BCUT2D eigenvalue weighted by Gasteiger charge is -2.11. The van der Waals surface area contributed by atoms with Gasteiger partial charge in [0, 0.05) is 23.5 Å². The summed E-state index contributed by atoms with van der Waals surface area (Å²) in [6.45, 7) is 0. The van der Waals surface area contributed by atoms with Gasteiger partial charge in [0.15, 0.2) is 0 Å². The van der Waals surface area contributed by atoms with Crippen molar-refractivity contribution in [1.82, 2.24) is 9.78 Å². The van der Waals surface area contributed by atoms with Gasteiger partial charge in [-0.3, -0.25) is 4.79 Å². The summed E-state index contributed by atoms with van der Waals surface area (Å²) in [5, 5.41) is 7.99. The van der Waals surface area contributed by atoms with Gasteiger partial charge < -0.3 is 19.5 Å². The Kier molecular flexibility index (Phi) is 6.51. The molecule has 4 rings (SSSR count). The molecule has 0 spiro atoms. The van der Waals surface area contributed by atoms with Crippen LogP contribution in [0.1, 0.15) is 10.4 Å². The Balaban J connectivity index is 1.79. The van der Waals surface area contributed by atoms with Crippen LogP contribution in [-0.4, -0.2) is 37.0 Å². The fraction of sp³-hybridized carbons (Fsp3) is 0.120. The Morgan fingerprint density at radius 3 is 2.33 bits per heavy atom. The standard InChI is InChI=1S/C25H22ClN3O4/c1-31-18-10-11-19(23(14-18)33-3)24-20(15-29(28-24)17-7-5-4-6-8-17)25(30)27-16-9-12-22(32-2)21(26)13-16/h4-15H,1-3H3,(H,27,30). The average Bonchev–Trinajstić information content (AvgIpc) is 3.30. The molecule has 0 bridgehead atoms. The molecule has 0 aliphatic heterocycles. The first-order chi connectivity index (χ1) is 16.0. The molecule has 0 aliphatic rings. The molecule has 1 N–H and O–H groups in total. The predicted molar refractivity (Wildman–Crippen MR) is 128 cm³/mol. The summed E-state index contributed by atoms with van der Waals surface area (Å²) in [6.07, 6.45) is 1.69. The van der Waals surface area contributed by atoms with Gasteiger partial charge in [0.25, 0.3) is 5.91 Å². The SMILES string of the molecule is COc1ccc(-c2nn(-c3ccccc3)cc2C(=O)Nc2ccc(OC)c(Cl)c2)c(OC)c1. The van der Waals surface area contributed by atoms with Crippen molar-refractivity contribution in [2.45, 2.75) is 0 Å². The molecule has 0 atom stereocenters. The number of rotatable bonds is 7. The van der Waals surface area contributed by atoms with E-state index < -0.39 is 0 Å². The molecular weight excluding hydrogens is 442 g/mol. The van der Waals surface area contributed by atoms with Crippen LogP contribution >= 0.6 is 11.6 Å². The maximum atomic E-state index is 13.3. The molecular formula is C25H22ClN3O4. The van der Waals surface area contributed by atoms with Crippen molar-refractivity contribution in [2.24, 2.45) is 0 Å². The molecule has 1 amide bonds. The van der Waals surface area contributed by atoms with Crippen LogP contribution in [0.2, 0.25) is 5.02 Å². The molecule has 1 heterocycles. The third kappa shape index (κ3) is 4.63. The summed E-state index contributed by atoms with van der Waals surface area (Å²) < 4.78 is 17.7. The van der Waals surface area contributed by atoms with Crippen LogP contribution in [0, 0.1) is 0 Å². The van der Waals surface area contributed by atoms with Gasteiger partial charge in [0.2, 0.25) is 0 Å². The number of nitrogens with one attached hydrogen (secondary N) is 1. The van der Waals surface area contributed by atoms with E-state index in [1.807, 2.05) is 36.4 Å². The van der Waals surface area contributed by atoms with E-state index in [1.54, 1.807) is 55.4 Å². The summed E-state index contributed by atoms with van der Waals surface area (Å²) in [5.74, 6) is 1.35. The number of carbonyl (C=O) groups is 1. The van der Waals surface area contributed by atoms with Gasteiger partial charge in [-0.25, -0.2) is 4.68 Å². The Morgan fingerprint density at radius 1 is 0.909 bits per heavy atom. The lowest BCUT2D eigenvalue weighted by molar-refractivity contribution is 0.102. The molecule has 1 aromatic heterocycles. The number of methoxy groups -OCH3 is 3. The predicted octanol–water partition coefficient (Wildman–Crippen LogP) is 5.47. The molecule has 0 saturated carbocycles. The van der Waals surface area contributed by atoms with Crippen LogP contribution in [0.25, 0.3) is 16.9 Å². The van der Waals surface area contributed by atoms with Gasteiger partial charge in [-0.15, -0.1) is 0 Å². The van der Waals surface area contributed by atoms with Crippen molar-refractivity contribution in [3.63, 3.8) is 0 Å². The van der Waals surface area contributed by atoms with Gasteiger partial charge in [0.05, 0.1) is 37.6 Å². The van der Waals surface area contributed by atoms with E-state index in [4.69, 9.17) is 30.9 Å². The lowest BCUT2D eigenvalue weighted by Crippen LogP contribution is -2.12. The summed E-state index contributed by atoms with van der Waals surface area (Å²) in [4.78, 5) is 13.3. The van der Waals surface area contributed by atoms with Crippen LogP contribution < -0.4 is 19.5 Å². The third-order valence-electron chi connectivity index (χ3n) is 5.05. The van der Waals surface area contributed by atoms with E-state index in [0.717, 1.165) is 5.69 Å². The monoisotopic (exact) mass is 463 g/mol. The Labute approximate surface area is 196 Å². The van der Waals surface area contributed by atoms with E-state index in [1.165, 1.54) is 7.11 Å². The summed E-state index contributed by atoms with van der Waals surface area (Å²) in [7, 11) is 4.68. The fourth-order valence-electron chi connectivity index (χ4n) is 3.39. The van der Waals surface area contributed by atoms with Gasteiger partial charge in [-0.2, -0.15) is 5.10 Å². The van der Waals surface area contributed by atoms with Gasteiger partial charge in [-0.05, 0) is 42.5 Å². The maximum absolute atomic E-state index is 13.3. The van der Waals surface area contributed by atoms with Crippen LogP contribution in [0.5, 0.6) is 17.2 Å². The van der Waals surface area contributed by atoms with Crippen LogP contribution in [0.4, 0.5) is 5.69 Å². The van der Waals surface area contributed by atoms with Gasteiger partial charge in [-0.1, -0.05) is 29.8 Å². The van der Waals surface area contributed by atoms with Crippen molar-refractivity contribution in [2.75, 3.05) is 26.6 Å². The van der Waals surface area contributed by atoms with E-state index in [-0.39, 0.29) is 5.91 Å². The second-order valence-corrected chi connectivity index (χ2v) is 7.45. The van der Waals surface area contributed by atoms with E-state index >= 15 is 0 Å². The lowest BCUT2D eigenvalue weighted by atomic mass is 10.1. The van der Waals surface area contributed by atoms with Crippen molar-refractivity contribution >= 4 is 23.2 Å². The fourth-order valence-corrected chi connectivity index (χ4v) is 3.65. The Hall–Kier alpha value is -3.97. The Bertz CT molecular complexity index is 1290. The van der Waals surface area contributed by atoms with E-state index in [9.17, 15) is 4.79 Å². The second kappa shape index (κ2) is 9.67. The highest BCUT2D eigenvalue weighted by Crippen LogP contribution is 2.35. The molecule has 3 aromatic carbocycles. The molecule has 8 heteroatoms. The number of hydrogen-bond donors (Lipinski definition) is 1. The first kappa shape index (κ1) is 22.2. The summed E-state index contributed by atoms with van der Waals surface area (Å²) >= 11 is 6.22. The number of amides is 1. The van der Waals surface area contributed by atoms with Gasteiger partial charge in [0.1, 0.15) is 22.9 Å². The minimum Gasteiger partial charge on any atom is -0.497 e. The zero-order valence-electron chi connectivity index (χ0n) is 18.3. The van der Waals surface area contributed by atoms with Crippen LogP contribution in [0.3, 0.4) is 0 Å². The maximum Gasteiger partial charge on any atom is 0.259 e. The molecule has 4 aromatic rings. The first-order valence-electron chi connectivity index (χ1n) is 10.1. The summed E-state index contributed by atoms with van der Waals surface area (Å²) in [5.41, 5.74) is 2.85. The highest BCUT2D eigenvalue weighted by molar-refractivity contribution is 6.32. The smallest absolute Gasteiger partial charge is 0.259 e. The molecule has 7 nitrogen and oxygen atoms in total. The number of benzene rings is 3. The highest BCUT2D eigenvalue weighted by atomic mass is 35.5. The van der Waals surface area contributed by atoms with Gasteiger partial charge >= 0.3 is 0 Å². The zero-order valence-corrected chi connectivity index (χ0v) is 19.1. The van der Waals surface area contributed by atoms with Crippen LogP contribution in [0.15, 0.2) is 72.9 Å². The number of aromatic nitrogens is 2.